The first-order valence-electron chi connectivity index (χ1n) is 32.0. The maximum absolute atomic E-state index is 12.7. The molecule has 0 aliphatic rings. The van der Waals surface area contributed by atoms with Crippen molar-refractivity contribution in [3.8, 4) is 0 Å². The highest BCUT2D eigenvalue weighted by Gasteiger charge is 2.26. The van der Waals surface area contributed by atoms with Crippen molar-refractivity contribution in [3.05, 3.63) is 158 Å². The van der Waals surface area contributed by atoms with Crippen molar-refractivity contribution in [1.82, 2.24) is 0 Å². The van der Waals surface area contributed by atoms with Crippen LogP contribution in [0.5, 0.6) is 0 Å². The highest BCUT2D eigenvalue weighted by Crippen LogP contribution is 2.43. The van der Waals surface area contributed by atoms with Crippen LogP contribution in [0.4, 0.5) is 0 Å². The highest BCUT2D eigenvalue weighted by atomic mass is 31.2. The monoisotopic (exact) mass is 1140 g/mol. The summed E-state index contributed by atoms with van der Waals surface area (Å²) in [5, 5.41) is 0. The molecule has 0 aromatic rings. The normalized spacial score (nSPS) is 14.1. The minimum Gasteiger partial charge on any atom is -0.462 e. The number of carbonyl (C=O) groups is 2. The maximum Gasteiger partial charge on any atom is 0.472 e. The number of hydrogen-bond acceptors (Lipinski definition) is 8. The molecule has 3 N–H and O–H groups in total. The summed E-state index contributed by atoms with van der Waals surface area (Å²) in [6.07, 6.45) is 94.7. The Bertz CT molecular complexity index is 1880. The standard InChI is InChI=1S/C71H116NO8P/c1-3-5-7-9-11-13-15-17-19-21-23-25-26-27-28-29-30-31-32-33-34-35-36-37-38-39-40-41-42-44-46-48-50-52-54-56-58-60-62-64-71(74)80-69(68-79-81(75,76)78-66-65-72)67-77-70(73)63-61-59-57-55-53-51-49-47-45-43-24-22-20-18-16-14-12-10-8-6-4-2/h5-8,11-14,17-20,23-25,27-28,30-31,33-34,43,47,49,53,55,69H,3-4,9-10,15-16,21-22,26,29,32,35-42,44-46,48,50-52,54,56-68,72H2,1-2H3,(H,75,76)/b7-5-,8-6-,13-11-,14-12-,19-17-,20-18-,25-23-,28-27-,31-30-,34-33-,43-24-,49-47-,55-53-. The zero-order valence-electron chi connectivity index (χ0n) is 51.2. The molecule has 0 saturated carbocycles. The van der Waals surface area contributed by atoms with Gasteiger partial charge in [-0.3, -0.25) is 18.6 Å². The summed E-state index contributed by atoms with van der Waals surface area (Å²) in [6.45, 7) is 3.46. The number of carbonyl (C=O) groups excluding carboxylic acids is 2. The van der Waals surface area contributed by atoms with Crippen LogP contribution in [-0.4, -0.2) is 49.3 Å². The Balaban J connectivity index is 3.95. The Kier molecular flexibility index (Phi) is 61.3. The summed E-state index contributed by atoms with van der Waals surface area (Å²) in [4.78, 5) is 35.2. The zero-order chi connectivity index (χ0) is 58.7. The molecule has 0 aromatic carbocycles. The van der Waals surface area contributed by atoms with Gasteiger partial charge in [-0.2, -0.15) is 0 Å². The van der Waals surface area contributed by atoms with E-state index in [9.17, 15) is 19.0 Å². The van der Waals surface area contributed by atoms with E-state index in [2.05, 4.69) is 172 Å². The van der Waals surface area contributed by atoms with Crippen LogP contribution in [0, 0.1) is 0 Å². The van der Waals surface area contributed by atoms with E-state index >= 15 is 0 Å². The predicted molar refractivity (Wildman–Crippen MR) is 348 cm³/mol. The fourth-order valence-corrected chi connectivity index (χ4v) is 9.03. The molecule has 9 nitrogen and oxygen atoms in total. The average molecular weight is 1140 g/mol. The molecule has 0 aliphatic carbocycles. The fourth-order valence-electron chi connectivity index (χ4n) is 8.27. The SMILES string of the molecule is CC/C=C\C/C=C\C/C=C\C/C=C\C/C=C\C/C=C\C/C=C\CCCCCCCCCCCCCCCCCCCC(=O)OC(COC(=O)CCCC/C=C\C/C=C\C/C=C\C/C=C\C/C=C\C/C=C\CC)COP(=O)(O)OCCN. The average Bonchev–Trinajstić information content (AvgIpc) is 3.46. The molecule has 0 amide bonds. The quantitative estimate of drug-likeness (QED) is 0.0264. The van der Waals surface area contributed by atoms with E-state index in [-0.39, 0.29) is 32.6 Å². The molecule has 0 aliphatic heterocycles. The van der Waals surface area contributed by atoms with Gasteiger partial charge < -0.3 is 20.1 Å². The number of allylic oxidation sites excluding steroid dienone is 26. The lowest BCUT2D eigenvalue weighted by Crippen LogP contribution is -2.29. The first-order chi connectivity index (χ1) is 39.8. The second-order valence-electron chi connectivity index (χ2n) is 20.5. The van der Waals surface area contributed by atoms with Crippen molar-refractivity contribution in [1.29, 1.82) is 0 Å². The van der Waals surface area contributed by atoms with Crippen LogP contribution >= 0.6 is 7.82 Å². The molecule has 458 valence electrons. The van der Waals surface area contributed by atoms with E-state index in [0.29, 0.717) is 12.8 Å². The van der Waals surface area contributed by atoms with Crippen LogP contribution in [0.1, 0.15) is 245 Å². The number of phosphoric acid groups is 1. The highest BCUT2D eigenvalue weighted by molar-refractivity contribution is 7.47. The van der Waals surface area contributed by atoms with E-state index < -0.39 is 32.5 Å². The van der Waals surface area contributed by atoms with Crippen molar-refractivity contribution in [3.63, 3.8) is 0 Å². The molecule has 2 atom stereocenters. The molecule has 0 bridgehead atoms. The lowest BCUT2D eigenvalue weighted by molar-refractivity contribution is -0.161. The molecular formula is C71H116NO8P. The van der Waals surface area contributed by atoms with Gasteiger partial charge in [-0.15, -0.1) is 0 Å². The van der Waals surface area contributed by atoms with Crippen LogP contribution in [0.3, 0.4) is 0 Å². The Labute approximate surface area is 496 Å². The topological polar surface area (TPSA) is 134 Å². The minimum atomic E-state index is -4.41. The van der Waals surface area contributed by atoms with Gasteiger partial charge in [0.05, 0.1) is 13.2 Å². The Morgan fingerprint density at radius 2 is 0.642 bits per heavy atom. The molecule has 0 radical (unpaired) electrons. The Hall–Kier alpha value is -4.37. The summed E-state index contributed by atoms with van der Waals surface area (Å²) in [6, 6.07) is 0. The first-order valence-corrected chi connectivity index (χ1v) is 33.5. The first kappa shape index (κ1) is 76.6. The second kappa shape index (κ2) is 64.8. The zero-order valence-corrected chi connectivity index (χ0v) is 52.1. The maximum atomic E-state index is 12.7. The number of hydrogen-bond donors (Lipinski definition) is 2. The summed E-state index contributed by atoms with van der Waals surface area (Å²) in [7, 11) is -4.41. The summed E-state index contributed by atoms with van der Waals surface area (Å²) in [5.74, 6) is -0.884. The van der Waals surface area contributed by atoms with Crippen molar-refractivity contribution in [2.45, 2.75) is 251 Å². The molecule has 0 heterocycles. The molecule has 0 fully saturated rings. The number of esters is 2. The van der Waals surface area contributed by atoms with Crippen molar-refractivity contribution >= 4 is 19.8 Å². The van der Waals surface area contributed by atoms with Gasteiger partial charge in [0.1, 0.15) is 6.61 Å². The van der Waals surface area contributed by atoms with Gasteiger partial charge in [0.15, 0.2) is 6.10 Å². The van der Waals surface area contributed by atoms with Crippen LogP contribution in [0.25, 0.3) is 0 Å². The van der Waals surface area contributed by atoms with Gasteiger partial charge in [0.25, 0.3) is 0 Å². The van der Waals surface area contributed by atoms with E-state index in [0.717, 1.165) is 116 Å². The second-order valence-corrected chi connectivity index (χ2v) is 22.0. The van der Waals surface area contributed by atoms with Gasteiger partial charge in [0, 0.05) is 19.4 Å². The lowest BCUT2D eigenvalue weighted by Gasteiger charge is -2.19. The van der Waals surface area contributed by atoms with Gasteiger partial charge >= 0.3 is 19.8 Å². The molecule has 81 heavy (non-hydrogen) atoms. The van der Waals surface area contributed by atoms with Crippen molar-refractivity contribution in [2.24, 2.45) is 5.73 Å². The number of nitrogens with two attached hydrogens (primary N) is 1. The van der Waals surface area contributed by atoms with E-state index in [1.807, 2.05) is 0 Å². The molecule has 10 heteroatoms. The summed E-state index contributed by atoms with van der Waals surface area (Å²) in [5.41, 5.74) is 5.39. The van der Waals surface area contributed by atoms with Gasteiger partial charge in [-0.25, -0.2) is 4.57 Å². The molecule has 2 unspecified atom stereocenters. The number of unbranched alkanes of at least 4 members (excludes halogenated alkanes) is 19. The van der Waals surface area contributed by atoms with Gasteiger partial charge in [-0.1, -0.05) is 268 Å². The predicted octanol–water partition coefficient (Wildman–Crippen LogP) is 20.8. The molecule has 0 saturated heterocycles. The van der Waals surface area contributed by atoms with E-state index in [1.165, 1.54) is 89.9 Å². The largest absolute Gasteiger partial charge is 0.472 e. The minimum absolute atomic E-state index is 0.0404. The van der Waals surface area contributed by atoms with Gasteiger partial charge in [-0.05, 0) is 122 Å². The lowest BCUT2D eigenvalue weighted by atomic mass is 10.0. The third-order valence-electron chi connectivity index (χ3n) is 12.9. The third kappa shape index (κ3) is 64.7. The molecule has 0 spiro atoms. The summed E-state index contributed by atoms with van der Waals surface area (Å²) >= 11 is 0. The van der Waals surface area contributed by atoms with Crippen LogP contribution in [-0.2, 0) is 32.7 Å². The fraction of sp³-hybridized carbons (Fsp3) is 0.606. The summed E-state index contributed by atoms with van der Waals surface area (Å²) < 4.78 is 33.0. The van der Waals surface area contributed by atoms with Gasteiger partial charge in [0.2, 0.25) is 0 Å². The molecular weight excluding hydrogens is 1030 g/mol. The molecule has 0 rings (SSSR count). The Morgan fingerprint density at radius 1 is 0.370 bits per heavy atom. The van der Waals surface area contributed by atoms with Crippen LogP contribution in [0.15, 0.2) is 158 Å². The molecule has 0 aromatic heterocycles. The van der Waals surface area contributed by atoms with Crippen LogP contribution in [0.2, 0.25) is 0 Å². The van der Waals surface area contributed by atoms with E-state index in [4.69, 9.17) is 24.3 Å². The smallest absolute Gasteiger partial charge is 0.462 e. The third-order valence-corrected chi connectivity index (χ3v) is 13.9. The number of ether oxygens (including phenoxy) is 2. The van der Waals surface area contributed by atoms with Crippen molar-refractivity contribution in [2.75, 3.05) is 26.4 Å². The number of phosphoric ester groups is 1. The Morgan fingerprint density at radius 3 is 0.975 bits per heavy atom. The van der Waals surface area contributed by atoms with Crippen LogP contribution < -0.4 is 5.73 Å². The van der Waals surface area contributed by atoms with E-state index in [1.54, 1.807) is 0 Å². The van der Waals surface area contributed by atoms with Crippen molar-refractivity contribution < 1.29 is 37.6 Å². The number of rotatable bonds is 58.